The lowest BCUT2D eigenvalue weighted by Gasteiger charge is -2.19. The number of carbonyl (C=O) groups is 1. The van der Waals surface area contributed by atoms with Crippen LogP contribution in [0.4, 0.5) is 5.69 Å². The van der Waals surface area contributed by atoms with Gasteiger partial charge in [-0.1, -0.05) is 15.9 Å². The molecule has 30 heavy (non-hydrogen) atoms. The van der Waals surface area contributed by atoms with Crippen LogP contribution in [0.15, 0.2) is 57.5 Å². The molecule has 0 radical (unpaired) electrons. The number of halogens is 1. The second kappa shape index (κ2) is 7.75. The first-order valence-corrected chi connectivity index (χ1v) is 9.94. The summed E-state index contributed by atoms with van der Waals surface area (Å²) in [6.07, 6.45) is 0. The third kappa shape index (κ3) is 3.48. The molecule has 2 aromatic carbocycles. The van der Waals surface area contributed by atoms with Crippen molar-refractivity contribution >= 4 is 49.9 Å². The molecule has 4 rings (SSSR count). The van der Waals surface area contributed by atoms with Crippen LogP contribution in [0.2, 0.25) is 0 Å². The molecule has 0 fully saturated rings. The molecule has 0 saturated heterocycles. The Morgan fingerprint density at radius 1 is 1.30 bits per heavy atom. The SMILES string of the molecule is CCOC(=O)c1ccc(N2CC(O)=C(c3nc4ccc(Br)cc4c(=O)[nH]3)C2=N)cc1. The van der Waals surface area contributed by atoms with Crippen LogP contribution in [0.5, 0.6) is 0 Å². The first-order chi connectivity index (χ1) is 14.4. The summed E-state index contributed by atoms with van der Waals surface area (Å²) < 4.78 is 5.73. The molecule has 2 heterocycles. The van der Waals surface area contributed by atoms with Gasteiger partial charge in [0.1, 0.15) is 17.4 Å². The van der Waals surface area contributed by atoms with Crippen molar-refractivity contribution in [1.29, 1.82) is 5.41 Å². The van der Waals surface area contributed by atoms with E-state index < -0.39 is 5.97 Å². The average Bonchev–Trinajstić information content (AvgIpc) is 3.03. The zero-order valence-electron chi connectivity index (χ0n) is 15.9. The summed E-state index contributed by atoms with van der Waals surface area (Å²) in [6.45, 7) is 2.07. The van der Waals surface area contributed by atoms with Gasteiger partial charge in [0, 0.05) is 10.2 Å². The first-order valence-electron chi connectivity index (χ1n) is 9.14. The van der Waals surface area contributed by atoms with E-state index in [0.717, 1.165) is 4.47 Å². The molecule has 1 aliphatic rings. The van der Waals surface area contributed by atoms with E-state index in [4.69, 9.17) is 10.1 Å². The minimum Gasteiger partial charge on any atom is -0.509 e. The van der Waals surface area contributed by atoms with Gasteiger partial charge < -0.3 is 19.7 Å². The van der Waals surface area contributed by atoms with E-state index in [2.05, 4.69) is 25.9 Å². The molecule has 0 atom stereocenters. The molecule has 0 aliphatic carbocycles. The summed E-state index contributed by atoms with van der Waals surface area (Å²) in [5.74, 6) is -0.375. The van der Waals surface area contributed by atoms with Gasteiger partial charge in [-0.2, -0.15) is 0 Å². The number of nitrogens with zero attached hydrogens (tertiary/aromatic N) is 2. The number of aromatic nitrogens is 2. The van der Waals surface area contributed by atoms with Crippen LogP contribution in [0.25, 0.3) is 16.5 Å². The molecule has 0 amide bonds. The fourth-order valence-electron chi connectivity index (χ4n) is 3.27. The highest BCUT2D eigenvalue weighted by Gasteiger charge is 2.31. The van der Waals surface area contributed by atoms with E-state index in [-0.39, 0.29) is 41.7 Å². The van der Waals surface area contributed by atoms with Gasteiger partial charge in [-0.3, -0.25) is 10.2 Å². The highest BCUT2D eigenvalue weighted by Crippen LogP contribution is 2.30. The number of amidine groups is 1. The number of anilines is 1. The topological polar surface area (TPSA) is 119 Å². The van der Waals surface area contributed by atoms with E-state index in [1.165, 1.54) is 0 Å². The predicted octanol–water partition coefficient (Wildman–Crippen LogP) is 3.63. The lowest BCUT2D eigenvalue weighted by atomic mass is 10.2. The highest BCUT2D eigenvalue weighted by molar-refractivity contribution is 9.10. The third-order valence-corrected chi connectivity index (χ3v) is 5.19. The second-order valence-corrected chi connectivity index (χ2v) is 7.52. The van der Waals surface area contributed by atoms with Crippen molar-refractivity contribution < 1.29 is 14.6 Å². The van der Waals surface area contributed by atoms with E-state index >= 15 is 0 Å². The molecular weight excluding hydrogens is 452 g/mol. The third-order valence-electron chi connectivity index (χ3n) is 4.70. The fraction of sp³-hybridized carbons (Fsp3) is 0.143. The van der Waals surface area contributed by atoms with E-state index in [0.29, 0.717) is 22.2 Å². The first kappa shape index (κ1) is 19.8. The maximum atomic E-state index is 12.5. The van der Waals surface area contributed by atoms with Crippen LogP contribution in [-0.2, 0) is 4.74 Å². The second-order valence-electron chi connectivity index (χ2n) is 6.60. The molecule has 9 heteroatoms. The normalized spacial score (nSPS) is 13.9. The van der Waals surface area contributed by atoms with Crippen LogP contribution in [0.3, 0.4) is 0 Å². The van der Waals surface area contributed by atoms with Crippen molar-refractivity contribution in [2.45, 2.75) is 6.92 Å². The molecular formula is C21H17BrN4O4. The molecule has 1 aliphatic heterocycles. The van der Waals surface area contributed by atoms with Gasteiger partial charge in [0.05, 0.1) is 35.2 Å². The lowest BCUT2D eigenvalue weighted by Crippen LogP contribution is -2.26. The minimum absolute atomic E-state index is 0.00371. The average molecular weight is 469 g/mol. The number of hydrogen-bond acceptors (Lipinski definition) is 6. The number of aromatic amines is 1. The number of hydrogen-bond donors (Lipinski definition) is 3. The molecule has 0 spiro atoms. The fourth-order valence-corrected chi connectivity index (χ4v) is 3.63. The Hall–Kier alpha value is -3.46. The van der Waals surface area contributed by atoms with Crippen molar-refractivity contribution in [3.8, 4) is 0 Å². The van der Waals surface area contributed by atoms with E-state index in [1.54, 1.807) is 54.3 Å². The summed E-state index contributed by atoms with van der Waals surface area (Å²) in [5, 5.41) is 19.5. The molecule has 8 nitrogen and oxygen atoms in total. The number of nitrogens with one attached hydrogen (secondary N) is 2. The minimum atomic E-state index is -0.424. The van der Waals surface area contributed by atoms with Crippen LogP contribution in [0, 0.1) is 5.41 Å². The van der Waals surface area contributed by atoms with Crippen molar-refractivity contribution in [1.82, 2.24) is 9.97 Å². The zero-order chi connectivity index (χ0) is 21.4. The predicted molar refractivity (Wildman–Crippen MR) is 117 cm³/mol. The Balaban J connectivity index is 1.66. The lowest BCUT2D eigenvalue weighted by molar-refractivity contribution is 0.0526. The molecule has 0 bridgehead atoms. The van der Waals surface area contributed by atoms with Crippen LogP contribution in [0.1, 0.15) is 23.1 Å². The smallest absolute Gasteiger partial charge is 0.338 e. The Morgan fingerprint density at radius 2 is 2.03 bits per heavy atom. The van der Waals surface area contributed by atoms with Crippen molar-refractivity contribution in [3.05, 3.63) is 74.4 Å². The van der Waals surface area contributed by atoms with Crippen molar-refractivity contribution in [3.63, 3.8) is 0 Å². The number of aliphatic hydroxyl groups is 1. The van der Waals surface area contributed by atoms with Crippen molar-refractivity contribution in [2.24, 2.45) is 0 Å². The molecule has 1 aromatic heterocycles. The molecule has 3 aromatic rings. The maximum absolute atomic E-state index is 12.5. The van der Waals surface area contributed by atoms with Gasteiger partial charge in [-0.25, -0.2) is 9.78 Å². The van der Waals surface area contributed by atoms with Gasteiger partial charge in [0.25, 0.3) is 5.56 Å². The maximum Gasteiger partial charge on any atom is 0.338 e. The van der Waals surface area contributed by atoms with Gasteiger partial charge in [0.2, 0.25) is 0 Å². The summed E-state index contributed by atoms with van der Waals surface area (Å²) in [6, 6.07) is 11.7. The van der Waals surface area contributed by atoms with E-state index in [1.807, 2.05) is 0 Å². The molecule has 152 valence electrons. The molecule has 0 saturated carbocycles. The van der Waals surface area contributed by atoms with Gasteiger partial charge in [-0.15, -0.1) is 0 Å². The summed E-state index contributed by atoms with van der Waals surface area (Å²) >= 11 is 3.33. The van der Waals surface area contributed by atoms with Gasteiger partial charge in [0.15, 0.2) is 0 Å². The quantitative estimate of drug-likeness (QED) is 0.502. The summed E-state index contributed by atoms with van der Waals surface area (Å²) in [7, 11) is 0. The number of fused-ring (bicyclic) bond motifs is 1. The van der Waals surface area contributed by atoms with Gasteiger partial charge in [-0.05, 0) is 49.4 Å². The molecule has 3 N–H and O–H groups in total. The number of aliphatic hydroxyl groups excluding tert-OH is 1. The summed E-state index contributed by atoms with van der Waals surface area (Å²) in [5.41, 5.74) is 1.27. The number of rotatable bonds is 4. The summed E-state index contributed by atoms with van der Waals surface area (Å²) in [4.78, 5) is 32.9. The number of H-pyrrole nitrogens is 1. The van der Waals surface area contributed by atoms with E-state index in [9.17, 15) is 14.7 Å². The van der Waals surface area contributed by atoms with Crippen LogP contribution in [-0.4, -0.2) is 40.0 Å². The Kier molecular flexibility index (Phi) is 5.13. The Labute approximate surface area is 179 Å². The zero-order valence-corrected chi connectivity index (χ0v) is 17.5. The highest BCUT2D eigenvalue weighted by atomic mass is 79.9. The number of esters is 1. The standard InChI is InChI=1S/C21H17BrN4O4/c1-2-30-21(29)11-3-6-13(7-4-11)26-10-16(27)17(18(26)23)19-24-15-8-5-12(22)9-14(15)20(28)25-19/h3-9,23,27H,2,10H2,1H3,(H,24,25,28). The monoisotopic (exact) mass is 468 g/mol. The number of carbonyl (C=O) groups excluding carboxylic acids is 1. The van der Waals surface area contributed by atoms with Crippen LogP contribution < -0.4 is 10.5 Å². The Bertz CT molecular complexity index is 1260. The molecule has 0 unspecified atom stereocenters. The number of ether oxygens (including phenoxy) is 1. The largest absolute Gasteiger partial charge is 0.509 e. The van der Waals surface area contributed by atoms with Gasteiger partial charge >= 0.3 is 5.97 Å². The van der Waals surface area contributed by atoms with Crippen LogP contribution >= 0.6 is 15.9 Å². The van der Waals surface area contributed by atoms with Crippen molar-refractivity contribution in [2.75, 3.05) is 18.1 Å². The number of benzene rings is 2. The Morgan fingerprint density at radius 3 is 2.73 bits per heavy atom.